The monoisotopic (exact) mass is 295 g/mol. The van der Waals surface area contributed by atoms with Crippen LogP contribution in [0.2, 0.25) is 10.0 Å². The van der Waals surface area contributed by atoms with E-state index in [0.29, 0.717) is 5.02 Å². The molecule has 0 aliphatic heterocycles. The highest BCUT2D eigenvalue weighted by Gasteiger charge is 2.03. The highest BCUT2D eigenvalue weighted by atomic mass is 35.5. The summed E-state index contributed by atoms with van der Waals surface area (Å²) in [4.78, 5) is 0. The molecule has 0 aliphatic carbocycles. The molecule has 0 atom stereocenters. The molecule has 0 amide bonds. The lowest BCUT2D eigenvalue weighted by Crippen LogP contribution is -2.06. The van der Waals surface area contributed by atoms with Crippen molar-refractivity contribution in [1.82, 2.24) is 0 Å². The Hall–Kier alpha value is -1.38. The van der Waals surface area contributed by atoms with Crippen molar-refractivity contribution in [2.45, 2.75) is 6.42 Å². The summed E-state index contributed by atoms with van der Waals surface area (Å²) >= 11 is 11.8. The second-order valence-corrected chi connectivity index (χ2v) is 5.02. The van der Waals surface area contributed by atoms with Gasteiger partial charge in [-0.1, -0.05) is 35.3 Å². The van der Waals surface area contributed by atoms with Crippen LogP contribution >= 0.6 is 23.2 Å². The van der Waals surface area contributed by atoms with E-state index in [2.05, 4.69) is 5.32 Å². The minimum atomic E-state index is 0.690. The summed E-state index contributed by atoms with van der Waals surface area (Å²) in [7, 11) is 1.65. The quantitative estimate of drug-likeness (QED) is 0.866. The van der Waals surface area contributed by atoms with Gasteiger partial charge in [0.05, 0.1) is 12.8 Å². The average Bonchev–Trinajstić information content (AvgIpc) is 2.41. The Morgan fingerprint density at radius 1 is 1.00 bits per heavy atom. The summed E-state index contributed by atoms with van der Waals surface area (Å²) in [5.41, 5.74) is 2.14. The highest BCUT2D eigenvalue weighted by molar-refractivity contribution is 6.31. The molecule has 0 bridgehead atoms. The molecule has 2 aromatic rings. The Morgan fingerprint density at radius 2 is 1.68 bits per heavy atom. The van der Waals surface area contributed by atoms with Gasteiger partial charge in [0.1, 0.15) is 5.75 Å². The van der Waals surface area contributed by atoms with E-state index in [9.17, 15) is 0 Å². The van der Waals surface area contributed by atoms with Crippen LogP contribution in [0.5, 0.6) is 5.75 Å². The lowest BCUT2D eigenvalue weighted by molar-refractivity contribution is 0.416. The van der Waals surface area contributed by atoms with E-state index >= 15 is 0 Å². The molecule has 0 saturated heterocycles. The van der Waals surface area contributed by atoms with E-state index in [1.807, 2.05) is 42.5 Å². The van der Waals surface area contributed by atoms with Crippen molar-refractivity contribution in [2.24, 2.45) is 0 Å². The van der Waals surface area contributed by atoms with Gasteiger partial charge in [-0.15, -0.1) is 0 Å². The number of ether oxygens (including phenoxy) is 1. The minimum Gasteiger partial charge on any atom is -0.495 e. The maximum absolute atomic E-state index is 5.98. The van der Waals surface area contributed by atoms with Crippen molar-refractivity contribution in [3.05, 3.63) is 58.1 Å². The van der Waals surface area contributed by atoms with Crippen LogP contribution < -0.4 is 10.1 Å². The van der Waals surface area contributed by atoms with E-state index in [-0.39, 0.29) is 0 Å². The van der Waals surface area contributed by atoms with Crippen LogP contribution in [-0.2, 0) is 6.42 Å². The molecule has 0 heterocycles. The fraction of sp³-hybridized carbons (Fsp3) is 0.200. The summed E-state index contributed by atoms with van der Waals surface area (Å²) in [6.07, 6.45) is 0.910. The summed E-state index contributed by atoms with van der Waals surface area (Å²) in [6, 6.07) is 13.4. The molecule has 0 aromatic heterocycles. The second-order valence-electron chi connectivity index (χ2n) is 4.15. The van der Waals surface area contributed by atoms with Crippen LogP contribution in [0.15, 0.2) is 42.5 Å². The summed E-state index contributed by atoms with van der Waals surface area (Å²) < 4.78 is 5.28. The van der Waals surface area contributed by atoms with Crippen LogP contribution in [0, 0.1) is 0 Å². The van der Waals surface area contributed by atoms with E-state index in [0.717, 1.165) is 29.4 Å². The van der Waals surface area contributed by atoms with Crippen molar-refractivity contribution in [2.75, 3.05) is 19.0 Å². The van der Waals surface area contributed by atoms with E-state index in [1.54, 1.807) is 7.11 Å². The molecule has 1 N–H and O–H groups in total. The zero-order valence-electron chi connectivity index (χ0n) is 10.6. The fourth-order valence-electron chi connectivity index (χ4n) is 1.81. The Bertz CT molecular complexity index is 540. The molecule has 0 aliphatic rings. The van der Waals surface area contributed by atoms with Gasteiger partial charge in [-0.05, 0) is 42.3 Å². The van der Waals surface area contributed by atoms with Crippen LogP contribution in [0.3, 0.4) is 0 Å². The number of benzene rings is 2. The Morgan fingerprint density at radius 3 is 2.37 bits per heavy atom. The zero-order chi connectivity index (χ0) is 13.7. The smallest absolute Gasteiger partial charge is 0.142 e. The molecule has 2 rings (SSSR count). The molecule has 100 valence electrons. The topological polar surface area (TPSA) is 21.3 Å². The summed E-state index contributed by atoms with van der Waals surface area (Å²) in [5, 5.41) is 4.77. The van der Waals surface area contributed by atoms with E-state index in [1.165, 1.54) is 5.56 Å². The van der Waals surface area contributed by atoms with Gasteiger partial charge in [-0.25, -0.2) is 0 Å². The molecular weight excluding hydrogens is 281 g/mol. The van der Waals surface area contributed by atoms with Crippen molar-refractivity contribution >= 4 is 28.9 Å². The van der Waals surface area contributed by atoms with Gasteiger partial charge in [0.2, 0.25) is 0 Å². The first-order valence-corrected chi connectivity index (χ1v) is 6.76. The first-order chi connectivity index (χ1) is 9.19. The van der Waals surface area contributed by atoms with E-state index in [4.69, 9.17) is 27.9 Å². The van der Waals surface area contributed by atoms with Gasteiger partial charge >= 0.3 is 0 Å². The van der Waals surface area contributed by atoms with Crippen molar-refractivity contribution in [1.29, 1.82) is 0 Å². The van der Waals surface area contributed by atoms with Gasteiger partial charge in [-0.3, -0.25) is 0 Å². The Balaban J connectivity index is 1.95. The second kappa shape index (κ2) is 6.69. The predicted molar refractivity (Wildman–Crippen MR) is 81.6 cm³/mol. The molecule has 2 nitrogen and oxygen atoms in total. The van der Waals surface area contributed by atoms with E-state index < -0.39 is 0 Å². The number of hydrogen-bond donors (Lipinski definition) is 1. The third kappa shape index (κ3) is 4.05. The summed E-state index contributed by atoms with van der Waals surface area (Å²) in [5.74, 6) is 0.792. The lowest BCUT2D eigenvalue weighted by atomic mass is 10.1. The third-order valence-corrected chi connectivity index (χ3v) is 3.29. The number of methoxy groups -OCH3 is 1. The standard InChI is InChI=1S/C15H15Cl2NO/c1-19-15-7-6-13(17)10-14(15)18-9-8-11-2-4-12(16)5-3-11/h2-7,10,18H,8-9H2,1H3. The number of anilines is 1. The summed E-state index contributed by atoms with van der Waals surface area (Å²) in [6.45, 7) is 0.804. The van der Waals surface area contributed by atoms with Crippen LogP contribution in [0.4, 0.5) is 5.69 Å². The van der Waals surface area contributed by atoms with Gasteiger partial charge in [-0.2, -0.15) is 0 Å². The minimum absolute atomic E-state index is 0.690. The number of rotatable bonds is 5. The zero-order valence-corrected chi connectivity index (χ0v) is 12.1. The predicted octanol–water partition coefficient (Wildman–Crippen LogP) is 4.66. The molecule has 2 aromatic carbocycles. The first-order valence-electron chi connectivity index (χ1n) is 6.01. The van der Waals surface area contributed by atoms with Crippen LogP contribution in [0.25, 0.3) is 0 Å². The Labute approximate surface area is 123 Å². The van der Waals surface area contributed by atoms with Crippen molar-refractivity contribution < 1.29 is 4.74 Å². The van der Waals surface area contributed by atoms with Crippen molar-refractivity contribution in [3.8, 4) is 5.75 Å². The molecule has 0 saturated carbocycles. The molecule has 19 heavy (non-hydrogen) atoms. The maximum Gasteiger partial charge on any atom is 0.142 e. The molecule has 0 unspecified atom stereocenters. The third-order valence-electron chi connectivity index (χ3n) is 2.80. The van der Waals surface area contributed by atoms with Gasteiger partial charge in [0, 0.05) is 16.6 Å². The largest absolute Gasteiger partial charge is 0.495 e. The molecule has 4 heteroatoms. The molecule has 0 radical (unpaired) electrons. The number of hydrogen-bond acceptors (Lipinski definition) is 2. The average molecular weight is 296 g/mol. The van der Waals surface area contributed by atoms with Gasteiger partial charge < -0.3 is 10.1 Å². The normalized spacial score (nSPS) is 10.3. The van der Waals surface area contributed by atoms with Gasteiger partial charge in [0.25, 0.3) is 0 Å². The van der Waals surface area contributed by atoms with Gasteiger partial charge in [0.15, 0.2) is 0 Å². The maximum atomic E-state index is 5.98. The van der Waals surface area contributed by atoms with Crippen LogP contribution in [0.1, 0.15) is 5.56 Å². The number of halogens is 2. The number of nitrogens with one attached hydrogen (secondary N) is 1. The highest BCUT2D eigenvalue weighted by Crippen LogP contribution is 2.27. The first kappa shape index (κ1) is 14.0. The van der Waals surface area contributed by atoms with Crippen molar-refractivity contribution in [3.63, 3.8) is 0 Å². The fourth-order valence-corrected chi connectivity index (χ4v) is 2.11. The SMILES string of the molecule is COc1ccc(Cl)cc1NCCc1ccc(Cl)cc1. The lowest BCUT2D eigenvalue weighted by Gasteiger charge is -2.11. The Kier molecular flexibility index (Phi) is 4.94. The molecular formula is C15H15Cl2NO. The molecule has 0 spiro atoms. The molecule has 0 fully saturated rings. The van der Waals surface area contributed by atoms with Crippen LogP contribution in [-0.4, -0.2) is 13.7 Å².